The molecule has 0 bridgehead atoms. The van der Waals surface area contributed by atoms with Gasteiger partial charge in [-0.1, -0.05) is 11.6 Å². The minimum absolute atomic E-state index is 0.0275. The third kappa shape index (κ3) is 3.10. The number of carbonyl (C=O) groups excluding carboxylic acids is 1. The number of anilines is 1. The standard InChI is InChI=1S/C13H10ClN3O3/c1-7-5-16-11(6-15-7)12(18)17-10-4-8(13(19)20)2-3-9(10)14/h2-6H,1H3,(H,17,18)(H,19,20). The number of aromatic carboxylic acids is 1. The summed E-state index contributed by atoms with van der Waals surface area (Å²) in [5.41, 5.74) is 1.04. The van der Waals surface area contributed by atoms with Crippen LogP contribution in [0.3, 0.4) is 0 Å². The van der Waals surface area contributed by atoms with E-state index >= 15 is 0 Å². The van der Waals surface area contributed by atoms with Gasteiger partial charge in [-0.25, -0.2) is 9.78 Å². The van der Waals surface area contributed by atoms with Crippen LogP contribution in [-0.4, -0.2) is 27.0 Å². The molecule has 0 spiro atoms. The van der Waals surface area contributed by atoms with Gasteiger partial charge in [-0.2, -0.15) is 0 Å². The van der Waals surface area contributed by atoms with Gasteiger partial charge >= 0.3 is 5.97 Å². The Labute approximate surface area is 119 Å². The molecule has 0 unspecified atom stereocenters. The molecular formula is C13H10ClN3O3. The van der Waals surface area contributed by atoms with E-state index in [0.717, 1.165) is 0 Å². The lowest BCUT2D eigenvalue weighted by molar-refractivity contribution is 0.0696. The van der Waals surface area contributed by atoms with Crippen molar-refractivity contribution in [1.82, 2.24) is 9.97 Å². The van der Waals surface area contributed by atoms with E-state index in [-0.39, 0.29) is 22.0 Å². The van der Waals surface area contributed by atoms with Crippen molar-refractivity contribution in [2.24, 2.45) is 0 Å². The Balaban J connectivity index is 2.25. The first kappa shape index (κ1) is 14.0. The van der Waals surface area contributed by atoms with Crippen molar-refractivity contribution in [3.05, 3.63) is 52.6 Å². The first-order chi connectivity index (χ1) is 9.47. The van der Waals surface area contributed by atoms with Crippen LogP contribution in [-0.2, 0) is 0 Å². The van der Waals surface area contributed by atoms with Gasteiger partial charge in [0.2, 0.25) is 0 Å². The van der Waals surface area contributed by atoms with E-state index in [1.165, 1.54) is 30.6 Å². The molecule has 0 radical (unpaired) electrons. The summed E-state index contributed by atoms with van der Waals surface area (Å²) in [5, 5.41) is 11.6. The summed E-state index contributed by atoms with van der Waals surface area (Å²) in [7, 11) is 0. The summed E-state index contributed by atoms with van der Waals surface area (Å²) >= 11 is 5.91. The first-order valence-corrected chi connectivity index (χ1v) is 5.98. The van der Waals surface area contributed by atoms with Crippen molar-refractivity contribution in [2.45, 2.75) is 6.92 Å². The normalized spacial score (nSPS) is 10.1. The zero-order chi connectivity index (χ0) is 14.7. The largest absolute Gasteiger partial charge is 0.478 e. The molecule has 1 amide bonds. The number of hydrogen-bond acceptors (Lipinski definition) is 4. The number of hydrogen-bond donors (Lipinski definition) is 2. The quantitative estimate of drug-likeness (QED) is 0.906. The van der Waals surface area contributed by atoms with Crippen LogP contribution in [0.4, 0.5) is 5.69 Å². The number of amides is 1. The van der Waals surface area contributed by atoms with Crippen LogP contribution in [0.1, 0.15) is 26.5 Å². The third-order valence-electron chi connectivity index (χ3n) is 2.48. The fourth-order valence-corrected chi connectivity index (χ4v) is 1.62. The van der Waals surface area contributed by atoms with Crippen LogP contribution in [0, 0.1) is 6.92 Å². The van der Waals surface area contributed by atoms with Gasteiger partial charge in [-0.3, -0.25) is 9.78 Å². The van der Waals surface area contributed by atoms with Gasteiger partial charge in [0.1, 0.15) is 5.69 Å². The highest BCUT2D eigenvalue weighted by Gasteiger charge is 2.12. The second kappa shape index (κ2) is 5.66. The highest BCUT2D eigenvalue weighted by molar-refractivity contribution is 6.34. The molecule has 0 aliphatic carbocycles. The van der Waals surface area contributed by atoms with Gasteiger partial charge in [0.25, 0.3) is 5.91 Å². The number of benzene rings is 1. The number of aryl methyl sites for hydroxylation is 1. The summed E-state index contributed by atoms with van der Waals surface area (Å²) < 4.78 is 0. The molecule has 0 atom stereocenters. The number of halogens is 1. The fraction of sp³-hybridized carbons (Fsp3) is 0.0769. The van der Waals surface area contributed by atoms with Gasteiger partial charge in [-0.05, 0) is 25.1 Å². The maximum absolute atomic E-state index is 11.9. The highest BCUT2D eigenvalue weighted by Crippen LogP contribution is 2.23. The minimum atomic E-state index is -1.10. The van der Waals surface area contributed by atoms with Crippen molar-refractivity contribution in [1.29, 1.82) is 0 Å². The Bertz CT molecular complexity index is 671. The molecule has 1 aromatic carbocycles. The number of nitrogens with one attached hydrogen (secondary N) is 1. The van der Waals surface area contributed by atoms with Crippen LogP contribution in [0.25, 0.3) is 0 Å². The molecule has 102 valence electrons. The maximum Gasteiger partial charge on any atom is 0.335 e. The molecule has 7 heteroatoms. The van der Waals surface area contributed by atoms with E-state index in [1.54, 1.807) is 6.92 Å². The van der Waals surface area contributed by atoms with Gasteiger partial charge in [0.05, 0.1) is 28.2 Å². The molecular weight excluding hydrogens is 282 g/mol. The van der Waals surface area contributed by atoms with E-state index in [9.17, 15) is 9.59 Å². The molecule has 1 heterocycles. The van der Waals surface area contributed by atoms with E-state index in [0.29, 0.717) is 5.69 Å². The van der Waals surface area contributed by atoms with E-state index < -0.39 is 11.9 Å². The molecule has 0 saturated carbocycles. The summed E-state index contributed by atoms with van der Waals surface area (Å²) in [6.45, 7) is 1.75. The van der Waals surface area contributed by atoms with Crippen LogP contribution in [0.2, 0.25) is 5.02 Å². The number of rotatable bonds is 3. The summed E-state index contributed by atoms with van der Waals surface area (Å²) in [6, 6.07) is 4.04. The molecule has 2 N–H and O–H groups in total. The topological polar surface area (TPSA) is 92.2 Å². The SMILES string of the molecule is Cc1cnc(C(=O)Nc2cc(C(=O)O)ccc2Cl)cn1. The lowest BCUT2D eigenvalue weighted by atomic mass is 10.2. The maximum atomic E-state index is 11.9. The van der Waals surface area contributed by atoms with Crippen molar-refractivity contribution in [3.63, 3.8) is 0 Å². The highest BCUT2D eigenvalue weighted by atomic mass is 35.5. The predicted molar refractivity (Wildman–Crippen MR) is 73.1 cm³/mol. The second-order valence-corrected chi connectivity index (χ2v) is 4.40. The molecule has 0 fully saturated rings. The van der Waals surface area contributed by atoms with Crippen LogP contribution in [0.15, 0.2) is 30.6 Å². The summed E-state index contributed by atoms with van der Waals surface area (Å²) in [6.07, 6.45) is 2.80. The van der Waals surface area contributed by atoms with Gasteiger partial charge in [0.15, 0.2) is 0 Å². The van der Waals surface area contributed by atoms with Crippen molar-refractivity contribution >= 4 is 29.2 Å². The van der Waals surface area contributed by atoms with Crippen molar-refractivity contribution < 1.29 is 14.7 Å². The van der Waals surface area contributed by atoms with Gasteiger partial charge < -0.3 is 10.4 Å². The van der Waals surface area contributed by atoms with Crippen LogP contribution < -0.4 is 5.32 Å². The van der Waals surface area contributed by atoms with Crippen LogP contribution in [0.5, 0.6) is 0 Å². The molecule has 0 aliphatic heterocycles. The molecule has 2 aromatic rings. The summed E-state index contributed by atoms with van der Waals surface area (Å²) in [4.78, 5) is 30.7. The Morgan fingerprint density at radius 2 is 2.00 bits per heavy atom. The van der Waals surface area contributed by atoms with Gasteiger partial charge in [-0.15, -0.1) is 0 Å². The fourth-order valence-electron chi connectivity index (χ4n) is 1.45. The van der Waals surface area contributed by atoms with E-state index in [2.05, 4.69) is 15.3 Å². The second-order valence-electron chi connectivity index (χ2n) is 4.00. The summed E-state index contributed by atoms with van der Waals surface area (Å²) in [5.74, 6) is -1.62. The molecule has 0 aliphatic rings. The average molecular weight is 292 g/mol. The van der Waals surface area contributed by atoms with Gasteiger partial charge in [0, 0.05) is 6.20 Å². The number of aromatic nitrogens is 2. The Morgan fingerprint density at radius 1 is 1.25 bits per heavy atom. The molecule has 0 saturated heterocycles. The Morgan fingerprint density at radius 3 is 2.60 bits per heavy atom. The zero-order valence-electron chi connectivity index (χ0n) is 10.4. The smallest absolute Gasteiger partial charge is 0.335 e. The predicted octanol–water partition coefficient (Wildman–Crippen LogP) is 2.39. The number of carbonyl (C=O) groups is 2. The molecule has 20 heavy (non-hydrogen) atoms. The molecule has 2 rings (SSSR count). The third-order valence-corrected chi connectivity index (χ3v) is 2.80. The lowest BCUT2D eigenvalue weighted by Gasteiger charge is -2.07. The molecule has 6 nitrogen and oxygen atoms in total. The van der Waals surface area contributed by atoms with E-state index in [1.807, 2.05) is 0 Å². The average Bonchev–Trinajstić information content (AvgIpc) is 2.41. The van der Waals surface area contributed by atoms with Crippen molar-refractivity contribution in [2.75, 3.05) is 5.32 Å². The number of carboxylic acids is 1. The van der Waals surface area contributed by atoms with Crippen molar-refractivity contribution in [3.8, 4) is 0 Å². The number of nitrogens with zero attached hydrogens (tertiary/aromatic N) is 2. The molecule has 1 aromatic heterocycles. The zero-order valence-corrected chi connectivity index (χ0v) is 11.2. The minimum Gasteiger partial charge on any atom is -0.478 e. The Hall–Kier alpha value is -2.47. The Kier molecular flexibility index (Phi) is 3.95. The van der Waals surface area contributed by atoms with E-state index in [4.69, 9.17) is 16.7 Å². The lowest BCUT2D eigenvalue weighted by Crippen LogP contribution is -2.15. The number of carboxylic acid groups (broad SMARTS) is 1. The monoisotopic (exact) mass is 291 g/mol. The van der Waals surface area contributed by atoms with Crippen LogP contribution >= 0.6 is 11.6 Å². The first-order valence-electron chi connectivity index (χ1n) is 5.60.